The van der Waals surface area contributed by atoms with E-state index in [0.717, 1.165) is 39.2 Å². The first-order chi connectivity index (χ1) is 16.7. The van der Waals surface area contributed by atoms with E-state index in [4.69, 9.17) is 0 Å². The molecule has 2 aromatic carbocycles. The Kier molecular flexibility index (Phi) is 6.74. The van der Waals surface area contributed by atoms with E-state index in [9.17, 15) is 13.2 Å². The number of carbonyl (C=O) groups excluding carboxylic acids is 1. The first kappa shape index (κ1) is 24.2. The molecule has 0 atom stereocenters. The molecule has 0 saturated carbocycles. The average Bonchev–Trinajstić information content (AvgIpc) is 3.18. The van der Waals surface area contributed by atoms with Crippen molar-refractivity contribution in [1.82, 2.24) is 24.6 Å². The van der Waals surface area contributed by atoms with E-state index in [1.807, 2.05) is 67.4 Å². The van der Waals surface area contributed by atoms with Crippen LogP contribution in [-0.4, -0.2) is 42.6 Å². The van der Waals surface area contributed by atoms with E-state index in [-0.39, 0.29) is 11.4 Å². The number of rotatable bonds is 7. The van der Waals surface area contributed by atoms with Gasteiger partial charge in [-0.2, -0.15) is 0 Å². The Bertz CT molecular complexity index is 1480. The van der Waals surface area contributed by atoms with Crippen LogP contribution in [0.1, 0.15) is 22.4 Å². The summed E-state index contributed by atoms with van der Waals surface area (Å²) in [5.74, 6) is 0.696. The van der Waals surface area contributed by atoms with Gasteiger partial charge in [-0.15, -0.1) is 0 Å². The van der Waals surface area contributed by atoms with Crippen molar-refractivity contribution in [3.8, 4) is 5.69 Å². The second-order valence-electron chi connectivity index (χ2n) is 8.36. The minimum Gasteiger partial charge on any atom is -0.358 e. The minimum atomic E-state index is -3.92. The maximum absolute atomic E-state index is 12.3. The summed E-state index contributed by atoms with van der Waals surface area (Å²) in [7, 11) is -2.09. The Morgan fingerprint density at radius 1 is 0.971 bits per heavy atom. The highest BCUT2D eigenvalue weighted by molar-refractivity contribution is 7.90. The number of fused-ring (bicyclic) bond motifs is 1. The molecule has 0 radical (unpaired) electrons. The SMILES string of the molecule is CNc1nc2c(C)cc(C)nc2n1-c1ccc(CCNC(=O)NS(=O)(=O)c2ccc(C)cc2)cc1. The smallest absolute Gasteiger partial charge is 0.328 e. The van der Waals surface area contributed by atoms with Gasteiger partial charge in [-0.3, -0.25) is 4.57 Å². The molecule has 3 N–H and O–H groups in total. The van der Waals surface area contributed by atoms with Crippen molar-refractivity contribution in [2.75, 3.05) is 18.9 Å². The number of hydrogen-bond acceptors (Lipinski definition) is 6. The van der Waals surface area contributed by atoms with Crippen molar-refractivity contribution < 1.29 is 13.2 Å². The molecule has 10 heteroatoms. The lowest BCUT2D eigenvalue weighted by molar-refractivity contribution is 0.246. The van der Waals surface area contributed by atoms with Crippen molar-refractivity contribution in [3.63, 3.8) is 0 Å². The summed E-state index contributed by atoms with van der Waals surface area (Å²) in [6.45, 7) is 6.12. The second kappa shape index (κ2) is 9.75. The number of carbonyl (C=O) groups is 1. The Labute approximate surface area is 204 Å². The molecule has 0 unspecified atom stereocenters. The second-order valence-corrected chi connectivity index (χ2v) is 10.0. The van der Waals surface area contributed by atoms with E-state index >= 15 is 0 Å². The van der Waals surface area contributed by atoms with E-state index in [0.29, 0.717) is 12.4 Å². The normalized spacial score (nSPS) is 11.4. The molecule has 4 rings (SSSR count). The van der Waals surface area contributed by atoms with Crippen LogP contribution < -0.4 is 15.4 Å². The number of urea groups is 1. The number of hydrogen-bond donors (Lipinski definition) is 3. The summed E-state index contributed by atoms with van der Waals surface area (Å²) < 4.78 is 28.7. The first-order valence-corrected chi connectivity index (χ1v) is 12.7. The van der Waals surface area contributed by atoms with Crippen molar-refractivity contribution in [1.29, 1.82) is 0 Å². The lowest BCUT2D eigenvalue weighted by Crippen LogP contribution is -2.40. The van der Waals surface area contributed by atoms with Crippen LogP contribution in [0.25, 0.3) is 16.9 Å². The largest absolute Gasteiger partial charge is 0.358 e. The summed E-state index contributed by atoms with van der Waals surface area (Å²) >= 11 is 0. The van der Waals surface area contributed by atoms with Crippen LogP contribution in [0.15, 0.2) is 59.5 Å². The van der Waals surface area contributed by atoms with E-state index in [1.54, 1.807) is 12.1 Å². The van der Waals surface area contributed by atoms with Gasteiger partial charge in [0.25, 0.3) is 10.0 Å². The molecule has 0 spiro atoms. The van der Waals surface area contributed by atoms with Crippen LogP contribution in [0.5, 0.6) is 0 Å². The predicted octanol–water partition coefficient (Wildman–Crippen LogP) is 3.62. The zero-order chi connectivity index (χ0) is 25.2. The van der Waals surface area contributed by atoms with Gasteiger partial charge < -0.3 is 10.6 Å². The maximum atomic E-state index is 12.3. The average molecular weight is 493 g/mol. The summed E-state index contributed by atoms with van der Waals surface area (Å²) in [5, 5.41) is 5.73. The zero-order valence-corrected chi connectivity index (χ0v) is 20.9. The van der Waals surface area contributed by atoms with Crippen LogP contribution in [0.4, 0.5) is 10.7 Å². The molecular weight excluding hydrogens is 464 g/mol. The molecular formula is C25H28N6O3S. The monoisotopic (exact) mass is 492 g/mol. The van der Waals surface area contributed by atoms with Crippen LogP contribution in [0.3, 0.4) is 0 Å². The summed E-state index contributed by atoms with van der Waals surface area (Å²) in [5.41, 5.74) is 6.45. The lowest BCUT2D eigenvalue weighted by atomic mass is 10.1. The van der Waals surface area contributed by atoms with Gasteiger partial charge in [0.2, 0.25) is 5.95 Å². The molecule has 182 valence electrons. The standard InChI is InChI=1S/C25H28N6O3S/c1-16-5-11-21(12-6-16)35(33,34)30-25(32)27-14-13-19-7-9-20(10-8-19)31-23-22(29-24(31)26-4)17(2)15-18(3)28-23/h5-12,15H,13-14H2,1-4H3,(H,26,29)(H2,27,30,32). The molecule has 0 aliphatic carbocycles. The van der Waals surface area contributed by atoms with Gasteiger partial charge in [-0.05, 0) is 68.7 Å². The molecule has 2 heterocycles. The number of benzene rings is 2. The molecule has 4 aromatic rings. The van der Waals surface area contributed by atoms with Gasteiger partial charge in [-0.25, -0.2) is 27.9 Å². The fraction of sp³-hybridized carbons (Fsp3) is 0.240. The van der Waals surface area contributed by atoms with E-state index in [2.05, 4.69) is 20.6 Å². The molecule has 35 heavy (non-hydrogen) atoms. The molecule has 0 fully saturated rings. The minimum absolute atomic E-state index is 0.0432. The Hall–Kier alpha value is -3.92. The van der Waals surface area contributed by atoms with Crippen molar-refractivity contribution in [2.45, 2.75) is 32.1 Å². The van der Waals surface area contributed by atoms with Gasteiger partial charge in [0.05, 0.1) is 10.6 Å². The van der Waals surface area contributed by atoms with Gasteiger partial charge in [0, 0.05) is 19.3 Å². The number of nitrogens with one attached hydrogen (secondary N) is 3. The molecule has 0 saturated heterocycles. The predicted molar refractivity (Wildman–Crippen MR) is 136 cm³/mol. The first-order valence-electron chi connectivity index (χ1n) is 11.2. The molecule has 9 nitrogen and oxygen atoms in total. The number of nitrogens with zero attached hydrogens (tertiary/aromatic N) is 3. The Morgan fingerprint density at radius 3 is 2.31 bits per heavy atom. The Balaban J connectivity index is 1.41. The van der Waals surface area contributed by atoms with E-state index < -0.39 is 16.1 Å². The quantitative estimate of drug-likeness (QED) is 0.363. The van der Waals surface area contributed by atoms with Crippen LogP contribution >= 0.6 is 0 Å². The van der Waals surface area contributed by atoms with Gasteiger partial charge in [-0.1, -0.05) is 29.8 Å². The fourth-order valence-corrected chi connectivity index (χ4v) is 4.77. The number of aromatic nitrogens is 3. The number of imidazole rings is 1. The van der Waals surface area contributed by atoms with Crippen LogP contribution in [-0.2, 0) is 16.4 Å². The maximum Gasteiger partial charge on any atom is 0.328 e. The van der Waals surface area contributed by atoms with Gasteiger partial charge in [0.15, 0.2) is 5.65 Å². The highest BCUT2D eigenvalue weighted by Crippen LogP contribution is 2.26. The highest BCUT2D eigenvalue weighted by atomic mass is 32.2. The third-order valence-electron chi connectivity index (χ3n) is 5.61. The number of sulfonamides is 1. The third-order valence-corrected chi connectivity index (χ3v) is 6.96. The van der Waals surface area contributed by atoms with Gasteiger partial charge >= 0.3 is 6.03 Å². The third kappa shape index (κ3) is 5.27. The molecule has 0 aliphatic heterocycles. The number of aryl methyl sites for hydroxylation is 3. The summed E-state index contributed by atoms with van der Waals surface area (Å²) in [4.78, 5) is 21.5. The van der Waals surface area contributed by atoms with Crippen molar-refractivity contribution in [2.24, 2.45) is 0 Å². The van der Waals surface area contributed by atoms with Crippen LogP contribution in [0, 0.1) is 20.8 Å². The van der Waals surface area contributed by atoms with Gasteiger partial charge in [0.1, 0.15) is 5.52 Å². The molecule has 2 amide bonds. The number of anilines is 1. The topological polar surface area (TPSA) is 118 Å². The number of pyridine rings is 1. The van der Waals surface area contributed by atoms with Crippen LogP contribution in [0.2, 0.25) is 0 Å². The van der Waals surface area contributed by atoms with E-state index in [1.165, 1.54) is 12.1 Å². The lowest BCUT2D eigenvalue weighted by Gasteiger charge is -2.11. The summed E-state index contributed by atoms with van der Waals surface area (Å²) in [6.07, 6.45) is 0.540. The summed E-state index contributed by atoms with van der Waals surface area (Å²) in [6, 6.07) is 15.4. The van der Waals surface area contributed by atoms with Crippen molar-refractivity contribution >= 4 is 33.2 Å². The van der Waals surface area contributed by atoms with Crippen molar-refractivity contribution in [3.05, 3.63) is 77.0 Å². The zero-order valence-electron chi connectivity index (χ0n) is 20.1. The molecule has 2 aromatic heterocycles. The number of amides is 2. The molecule has 0 bridgehead atoms. The Morgan fingerprint density at radius 2 is 1.66 bits per heavy atom. The highest BCUT2D eigenvalue weighted by Gasteiger charge is 2.17. The molecule has 0 aliphatic rings. The fourth-order valence-electron chi connectivity index (χ4n) is 3.84.